The summed E-state index contributed by atoms with van der Waals surface area (Å²) in [6.45, 7) is 2.04. The number of nitrogens with one attached hydrogen (secondary N) is 1. The number of carbonyl (C=O) groups is 2. The van der Waals surface area contributed by atoms with Gasteiger partial charge in [0.15, 0.2) is 21.2 Å². The van der Waals surface area contributed by atoms with Gasteiger partial charge < -0.3 is 5.73 Å². The summed E-state index contributed by atoms with van der Waals surface area (Å²) in [5, 5.41) is 2.62. The van der Waals surface area contributed by atoms with Gasteiger partial charge in [-0.15, -0.1) is 0 Å². The van der Waals surface area contributed by atoms with E-state index in [2.05, 4.69) is 5.32 Å². The van der Waals surface area contributed by atoms with Crippen LogP contribution >= 0.6 is 0 Å². The summed E-state index contributed by atoms with van der Waals surface area (Å²) in [6, 6.07) is 3.81. The molecule has 1 aromatic rings. The monoisotopic (exact) mass is 360 g/mol. The first-order valence-corrected chi connectivity index (χ1v) is 8.95. The zero-order valence-corrected chi connectivity index (χ0v) is 14.2. The van der Waals surface area contributed by atoms with Gasteiger partial charge in [-0.3, -0.25) is 14.9 Å². The lowest BCUT2D eigenvalue weighted by Crippen LogP contribution is -2.60. The van der Waals surface area contributed by atoms with Crippen molar-refractivity contribution >= 4 is 21.5 Å². The number of hydrogen-bond donors (Lipinski definition) is 2. The molecule has 1 atom stereocenters. The van der Waals surface area contributed by atoms with Crippen molar-refractivity contribution in [2.45, 2.75) is 37.3 Å². The van der Waals surface area contributed by atoms with Crippen molar-refractivity contribution in [2.75, 3.05) is 6.26 Å². The summed E-state index contributed by atoms with van der Waals surface area (Å²) in [4.78, 5) is 24.8. The molecule has 24 heavy (non-hydrogen) atoms. The molecule has 1 aliphatic rings. The Kier molecular flexibility index (Phi) is 4.30. The second-order valence-corrected chi connectivity index (χ2v) is 8.43. The lowest BCUT2D eigenvalue weighted by molar-refractivity contribution is -0.147. The number of nitrogens with two attached hydrogens (primary N) is 1. The molecule has 0 radical (unpaired) electrons. The predicted octanol–water partition coefficient (Wildman–Crippen LogP) is 0.734. The molecule has 1 unspecified atom stereocenters. The normalized spacial score (nSPS) is 20.9. The molecule has 0 saturated heterocycles. The van der Waals surface area contributed by atoms with Crippen molar-refractivity contribution in [3.63, 3.8) is 0 Å². The Bertz CT molecular complexity index is 821. The quantitative estimate of drug-likeness (QED) is 0.753. The summed E-state index contributed by atoms with van der Waals surface area (Å²) >= 11 is 0. The fraction of sp³-hybridized carbons (Fsp3) is 0.467. The number of carbonyl (C=O) groups excluding carboxylic acids is 2. The van der Waals surface area contributed by atoms with Crippen LogP contribution in [0, 0.1) is 5.41 Å². The molecule has 0 spiro atoms. The first-order valence-electron chi connectivity index (χ1n) is 7.06. The lowest BCUT2D eigenvalue weighted by Gasteiger charge is -2.33. The van der Waals surface area contributed by atoms with Gasteiger partial charge in [0.1, 0.15) is 0 Å². The maximum Gasteiger partial charge on any atom is 0.250 e. The number of ketones is 1. The van der Waals surface area contributed by atoms with Gasteiger partial charge in [-0.25, -0.2) is 17.2 Å². The molecular weight excluding hydrogens is 342 g/mol. The number of amides is 1. The van der Waals surface area contributed by atoms with Gasteiger partial charge in [0, 0.05) is 12.8 Å². The first-order chi connectivity index (χ1) is 10.8. The highest BCUT2D eigenvalue weighted by atomic mass is 32.2. The van der Waals surface area contributed by atoms with Gasteiger partial charge in [-0.1, -0.05) is 6.07 Å². The fourth-order valence-electron chi connectivity index (χ4n) is 2.75. The largest absolute Gasteiger partial charge is 0.367 e. The zero-order chi connectivity index (χ0) is 18.5. The van der Waals surface area contributed by atoms with Crippen LogP contribution in [0.4, 0.5) is 8.78 Å². The molecule has 1 aromatic carbocycles. The number of Topliss-reactive ketones (excluding diaryl/α,β-unsaturated/α-hetero) is 1. The molecular formula is C15H18F2N2O4S. The smallest absolute Gasteiger partial charge is 0.250 e. The number of fused-ring (bicyclic) bond motifs is 1. The number of rotatable bonds is 5. The molecule has 0 bridgehead atoms. The Hall–Kier alpha value is -1.87. The highest BCUT2D eigenvalue weighted by Crippen LogP contribution is 2.40. The van der Waals surface area contributed by atoms with Gasteiger partial charge in [0.05, 0.1) is 10.3 Å². The summed E-state index contributed by atoms with van der Waals surface area (Å²) in [7, 11) is -3.49. The number of sulfone groups is 1. The fourth-order valence-corrected chi connectivity index (χ4v) is 3.42. The average Bonchev–Trinajstić information content (AvgIpc) is 2.84. The van der Waals surface area contributed by atoms with Gasteiger partial charge in [-0.05, 0) is 37.1 Å². The Morgan fingerprint density at radius 2 is 1.92 bits per heavy atom. The minimum absolute atomic E-state index is 0.00360. The van der Waals surface area contributed by atoms with Crippen LogP contribution in [0.1, 0.15) is 25.0 Å². The Morgan fingerprint density at radius 1 is 1.33 bits per heavy atom. The summed E-state index contributed by atoms with van der Waals surface area (Å²) in [6.07, 6.45) is -1.98. The van der Waals surface area contributed by atoms with E-state index in [9.17, 15) is 26.8 Å². The van der Waals surface area contributed by atoms with Gasteiger partial charge in [0.25, 0.3) is 6.43 Å². The Morgan fingerprint density at radius 3 is 2.38 bits per heavy atom. The van der Waals surface area contributed by atoms with E-state index in [1.54, 1.807) is 0 Å². The number of halogens is 2. The lowest BCUT2D eigenvalue weighted by atomic mass is 9.73. The molecule has 3 N–H and O–H groups in total. The molecule has 1 heterocycles. The Balaban J connectivity index is 2.66. The second-order valence-electron chi connectivity index (χ2n) is 6.41. The third-order valence-corrected chi connectivity index (χ3v) is 5.40. The number of alkyl halides is 2. The van der Waals surface area contributed by atoms with E-state index in [1.165, 1.54) is 18.2 Å². The van der Waals surface area contributed by atoms with Crippen LogP contribution < -0.4 is 11.1 Å². The number of hydrogen-bond acceptors (Lipinski definition) is 5. The first kappa shape index (κ1) is 18.5. The predicted molar refractivity (Wildman–Crippen MR) is 82.1 cm³/mol. The van der Waals surface area contributed by atoms with E-state index in [1.807, 2.05) is 0 Å². The standard InChI is InChI=1S/C15H18F2N2O4S/c1-14(2,12(16)17)11(20)15(13(18)21)10-5-4-9(24(3,22)23)6-8(10)7-19-15/h4-6,12,19H,7H2,1-3H3,(H2,18,21). The van der Waals surface area contributed by atoms with Crippen molar-refractivity contribution in [3.8, 4) is 0 Å². The summed E-state index contributed by atoms with van der Waals surface area (Å²) in [5.41, 5.74) is 1.63. The third-order valence-electron chi connectivity index (χ3n) is 4.29. The molecule has 2 rings (SSSR count). The molecule has 0 aromatic heterocycles. The molecule has 6 nitrogen and oxygen atoms in total. The van der Waals surface area contributed by atoms with E-state index in [-0.39, 0.29) is 17.0 Å². The van der Waals surface area contributed by atoms with Crippen LogP contribution in [0.3, 0.4) is 0 Å². The van der Waals surface area contributed by atoms with Crippen LogP contribution in [0.15, 0.2) is 23.1 Å². The van der Waals surface area contributed by atoms with E-state index in [0.29, 0.717) is 5.56 Å². The second kappa shape index (κ2) is 5.59. The van der Waals surface area contributed by atoms with Crippen LogP contribution in [-0.4, -0.2) is 32.8 Å². The van der Waals surface area contributed by atoms with E-state index < -0.39 is 38.9 Å². The highest BCUT2D eigenvalue weighted by Gasteiger charge is 2.57. The molecule has 1 amide bonds. The van der Waals surface area contributed by atoms with Crippen LogP contribution in [0.25, 0.3) is 0 Å². The van der Waals surface area contributed by atoms with Crippen LogP contribution in [-0.2, 0) is 31.5 Å². The number of primary amides is 1. The summed E-state index contributed by atoms with van der Waals surface area (Å²) in [5.74, 6) is -2.16. The van der Waals surface area contributed by atoms with Crippen molar-refractivity contribution < 1.29 is 26.8 Å². The van der Waals surface area contributed by atoms with Gasteiger partial charge >= 0.3 is 0 Å². The number of benzene rings is 1. The topological polar surface area (TPSA) is 106 Å². The zero-order valence-electron chi connectivity index (χ0n) is 13.4. The SMILES string of the molecule is CC(C)(C(=O)C1(C(N)=O)NCc2cc(S(C)(=O)=O)ccc21)C(F)F. The van der Waals surface area contributed by atoms with Crippen molar-refractivity contribution in [1.82, 2.24) is 5.32 Å². The molecule has 1 aliphatic heterocycles. The molecule has 0 saturated carbocycles. The van der Waals surface area contributed by atoms with Crippen LogP contribution in [0.5, 0.6) is 0 Å². The molecule has 0 aliphatic carbocycles. The van der Waals surface area contributed by atoms with Crippen molar-refractivity contribution in [2.24, 2.45) is 11.1 Å². The van der Waals surface area contributed by atoms with E-state index in [0.717, 1.165) is 20.1 Å². The average molecular weight is 360 g/mol. The van der Waals surface area contributed by atoms with Gasteiger partial charge in [-0.2, -0.15) is 0 Å². The third kappa shape index (κ3) is 2.61. The van der Waals surface area contributed by atoms with Crippen molar-refractivity contribution in [3.05, 3.63) is 29.3 Å². The molecule has 132 valence electrons. The maximum absolute atomic E-state index is 13.3. The highest BCUT2D eigenvalue weighted by molar-refractivity contribution is 7.90. The van der Waals surface area contributed by atoms with Crippen molar-refractivity contribution in [1.29, 1.82) is 0 Å². The Labute approximate surface area is 138 Å². The minimum Gasteiger partial charge on any atom is -0.367 e. The van der Waals surface area contributed by atoms with E-state index >= 15 is 0 Å². The maximum atomic E-state index is 13.3. The molecule has 9 heteroatoms. The van der Waals surface area contributed by atoms with Gasteiger partial charge in [0.2, 0.25) is 5.91 Å². The van der Waals surface area contributed by atoms with Crippen LogP contribution in [0.2, 0.25) is 0 Å². The molecule has 0 fully saturated rings. The minimum atomic E-state index is -3.49. The van der Waals surface area contributed by atoms with E-state index in [4.69, 9.17) is 5.73 Å². The summed E-state index contributed by atoms with van der Waals surface area (Å²) < 4.78 is 49.8.